The molecule has 1 N–H and O–H groups in total. The fraction of sp³-hybridized carbons (Fsp3) is 0.750. The molecule has 0 aliphatic rings. The third kappa shape index (κ3) is 7.09. The Kier molecular flexibility index (Phi) is 7.66. The first kappa shape index (κ1) is 16.7. The maximum atomic E-state index is 5.78. The van der Waals surface area contributed by atoms with Gasteiger partial charge in [-0.1, -0.05) is 27.7 Å². The molecule has 0 saturated heterocycles. The molecule has 0 spiro atoms. The van der Waals surface area contributed by atoms with Crippen molar-refractivity contribution >= 4 is 11.3 Å². The number of thiophene rings is 1. The van der Waals surface area contributed by atoms with Crippen LogP contribution < -0.4 is 5.32 Å². The largest absolute Gasteiger partial charge is 0.377 e. The van der Waals surface area contributed by atoms with Crippen molar-refractivity contribution in [3.63, 3.8) is 0 Å². The van der Waals surface area contributed by atoms with Crippen LogP contribution >= 0.6 is 11.3 Å². The summed E-state index contributed by atoms with van der Waals surface area (Å²) in [7, 11) is 0. The highest BCUT2D eigenvalue weighted by atomic mass is 32.1. The van der Waals surface area contributed by atoms with E-state index in [9.17, 15) is 0 Å². The van der Waals surface area contributed by atoms with E-state index >= 15 is 0 Å². The van der Waals surface area contributed by atoms with Crippen molar-refractivity contribution in [2.45, 2.75) is 66.7 Å². The summed E-state index contributed by atoms with van der Waals surface area (Å²) in [5.74, 6) is 0.778. The molecule has 0 atom stereocenters. The van der Waals surface area contributed by atoms with Gasteiger partial charge in [-0.3, -0.25) is 0 Å². The Morgan fingerprint density at radius 1 is 1.26 bits per heavy atom. The molecule has 0 aliphatic heterocycles. The van der Waals surface area contributed by atoms with E-state index in [1.54, 1.807) is 0 Å². The molecule has 0 aliphatic carbocycles. The van der Waals surface area contributed by atoms with Gasteiger partial charge in [-0.15, -0.1) is 11.3 Å². The fourth-order valence-electron chi connectivity index (χ4n) is 1.90. The molecule has 1 heterocycles. The van der Waals surface area contributed by atoms with Gasteiger partial charge in [0.15, 0.2) is 0 Å². The summed E-state index contributed by atoms with van der Waals surface area (Å²) in [5, 5.41) is 3.46. The molecule has 0 saturated carbocycles. The maximum absolute atomic E-state index is 5.78. The normalized spacial score (nSPS) is 11.7. The molecular formula is C16H29NOS. The van der Waals surface area contributed by atoms with Crippen LogP contribution in [0.25, 0.3) is 0 Å². The minimum Gasteiger partial charge on any atom is -0.377 e. The Morgan fingerprint density at radius 3 is 2.63 bits per heavy atom. The standard InChI is InChI=1S/C16H29NOS/c1-12(2)7-6-8-18-11-15-9-16(19-14(15)5)10-17-13(3)4/h9,12-13,17H,6-8,10-11H2,1-5H3. The highest BCUT2D eigenvalue weighted by Gasteiger charge is 2.06. The second-order valence-corrected chi connectivity index (χ2v) is 7.26. The van der Waals surface area contributed by atoms with E-state index in [4.69, 9.17) is 4.74 Å². The van der Waals surface area contributed by atoms with Crippen molar-refractivity contribution in [1.29, 1.82) is 0 Å². The first-order chi connectivity index (χ1) is 8.99. The molecule has 0 aromatic carbocycles. The van der Waals surface area contributed by atoms with Crippen molar-refractivity contribution in [2.75, 3.05) is 6.61 Å². The number of ether oxygens (including phenoxy) is 1. The molecule has 3 heteroatoms. The van der Waals surface area contributed by atoms with Crippen molar-refractivity contribution in [3.8, 4) is 0 Å². The van der Waals surface area contributed by atoms with Crippen LogP contribution in [0.4, 0.5) is 0 Å². The van der Waals surface area contributed by atoms with Gasteiger partial charge in [0, 0.05) is 28.9 Å². The zero-order chi connectivity index (χ0) is 14.3. The molecule has 1 aromatic heterocycles. The molecule has 2 nitrogen and oxygen atoms in total. The molecule has 1 aromatic rings. The lowest BCUT2D eigenvalue weighted by Crippen LogP contribution is -2.21. The summed E-state index contributed by atoms with van der Waals surface area (Å²) < 4.78 is 5.78. The first-order valence-electron chi connectivity index (χ1n) is 7.38. The smallest absolute Gasteiger partial charge is 0.0727 e. The molecule has 0 unspecified atom stereocenters. The van der Waals surface area contributed by atoms with E-state index in [1.165, 1.54) is 28.2 Å². The third-order valence-corrected chi connectivity index (χ3v) is 4.18. The van der Waals surface area contributed by atoms with Gasteiger partial charge in [0.1, 0.15) is 0 Å². The zero-order valence-electron chi connectivity index (χ0n) is 13.1. The molecule has 19 heavy (non-hydrogen) atoms. The van der Waals surface area contributed by atoms with Gasteiger partial charge in [0.2, 0.25) is 0 Å². The van der Waals surface area contributed by atoms with Crippen molar-refractivity contribution in [3.05, 3.63) is 21.4 Å². The monoisotopic (exact) mass is 283 g/mol. The van der Waals surface area contributed by atoms with E-state index < -0.39 is 0 Å². The van der Waals surface area contributed by atoms with Crippen LogP contribution in [-0.4, -0.2) is 12.6 Å². The lowest BCUT2D eigenvalue weighted by molar-refractivity contribution is 0.115. The van der Waals surface area contributed by atoms with Gasteiger partial charge >= 0.3 is 0 Å². The van der Waals surface area contributed by atoms with E-state index in [0.717, 1.165) is 25.7 Å². The molecule has 0 radical (unpaired) electrons. The predicted molar refractivity (Wildman–Crippen MR) is 84.8 cm³/mol. The van der Waals surface area contributed by atoms with Gasteiger partial charge in [-0.2, -0.15) is 0 Å². The first-order valence-corrected chi connectivity index (χ1v) is 8.20. The molecule has 1 rings (SSSR count). The molecule has 110 valence electrons. The zero-order valence-corrected chi connectivity index (χ0v) is 13.9. The van der Waals surface area contributed by atoms with Gasteiger partial charge in [0.05, 0.1) is 6.61 Å². The number of nitrogens with one attached hydrogen (secondary N) is 1. The average Bonchev–Trinajstić information content (AvgIpc) is 2.67. The topological polar surface area (TPSA) is 21.3 Å². The van der Waals surface area contributed by atoms with Crippen LogP contribution in [0, 0.1) is 12.8 Å². The van der Waals surface area contributed by atoms with E-state index in [2.05, 4.69) is 46.0 Å². The number of rotatable bonds is 9. The van der Waals surface area contributed by atoms with Crippen molar-refractivity contribution in [1.82, 2.24) is 5.32 Å². The van der Waals surface area contributed by atoms with Crippen LogP contribution in [0.5, 0.6) is 0 Å². The predicted octanol–water partition coefficient (Wildman–Crippen LogP) is 4.51. The lowest BCUT2D eigenvalue weighted by atomic mass is 10.1. The average molecular weight is 283 g/mol. The molecule has 0 amide bonds. The van der Waals surface area contributed by atoms with Gasteiger partial charge in [-0.25, -0.2) is 0 Å². The van der Waals surface area contributed by atoms with Crippen LogP contribution in [0.2, 0.25) is 0 Å². The second-order valence-electron chi connectivity index (χ2n) is 5.92. The van der Waals surface area contributed by atoms with Crippen molar-refractivity contribution < 1.29 is 4.74 Å². The second kappa shape index (κ2) is 8.72. The Balaban J connectivity index is 2.29. The molecule has 0 bridgehead atoms. The van der Waals surface area contributed by atoms with E-state index in [0.29, 0.717) is 6.04 Å². The van der Waals surface area contributed by atoms with Gasteiger partial charge < -0.3 is 10.1 Å². The summed E-state index contributed by atoms with van der Waals surface area (Å²) in [6.45, 7) is 13.7. The number of hydrogen-bond donors (Lipinski definition) is 1. The quantitative estimate of drug-likeness (QED) is 0.673. The number of hydrogen-bond acceptors (Lipinski definition) is 3. The highest BCUT2D eigenvalue weighted by Crippen LogP contribution is 2.22. The maximum Gasteiger partial charge on any atom is 0.0727 e. The summed E-state index contributed by atoms with van der Waals surface area (Å²) in [5.41, 5.74) is 1.36. The van der Waals surface area contributed by atoms with Gasteiger partial charge in [0.25, 0.3) is 0 Å². The molecule has 0 fully saturated rings. The van der Waals surface area contributed by atoms with E-state index in [1.807, 2.05) is 11.3 Å². The summed E-state index contributed by atoms with van der Waals surface area (Å²) in [6.07, 6.45) is 2.43. The Morgan fingerprint density at radius 2 is 2.00 bits per heavy atom. The van der Waals surface area contributed by atoms with Crippen LogP contribution in [0.1, 0.15) is 55.9 Å². The Bertz CT molecular complexity index is 358. The summed E-state index contributed by atoms with van der Waals surface area (Å²) in [4.78, 5) is 2.80. The van der Waals surface area contributed by atoms with Crippen molar-refractivity contribution in [2.24, 2.45) is 5.92 Å². The Hall–Kier alpha value is -0.380. The van der Waals surface area contributed by atoms with Crippen LogP contribution in [0.15, 0.2) is 6.07 Å². The minimum atomic E-state index is 0.540. The van der Waals surface area contributed by atoms with Gasteiger partial charge in [-0.05, 0) is 37.3 Å². The van der Waals surface area contributed by atoms with Crippen LogP contribution in [0.3, 0.4) is 0 Å². The third-order valence-electron chi connectivity index (χ3n) is 3.08. The summed E-state index contributed by atoms with van der Waals surface area (Å²) in [6, 6.07) is 2.83. The summed E-state index contributed by atoms with van der Waals surface area (Å²) >= 11 is 1.88. The lowest BCUT2D eigenvalue weighted by Gasteiger charge is -2.06. The Labute approximate surface area is 122 Å². The SMILES string of the molecule is Cc1sc(CNC(C)C)cc1COCCCC(C)C. The molecular weight excluding hydrogens is 254 g/mol. The fourth-order valence-corrected chi connectivity index (χ4v) is 2.90. The number of aryl methyl sites for hydroxylation is 1. The van der Waals surface area contributed by atoms with Crippen LogP contribution in [-0.2, 0) is 17.9 Å². The van der Waals surface area contributed by atoms with E-state index in [-0.39, 0.29) is 0 Å². The minimum absolute atomic E-state index is 0.540. The highest BCUT2D eigenvalue weighted by molar-refractivity contribution is 7.12.